The first-order chi connectivity index (χ1) is 13.3. The fourth-order valence-electron chi connectivity index (χ4n) is 4.72. The Morgan fingerprint density at radius 1 is 0.926 bits per heavy atom. The number of rotatable bonds is 3. The number of ether oxygens (including phenoxy) is 2. The summed E-state index contributed by atoms with van der Waals surface area (Å²) in [5, 5.41) is 6.44. The number of nitrogens with one attached hydrogen (secondary N) is 1. The second-order valence-corrected chi connectivity index (χ2v) is 7.34. The summed E-state index contributed by atoms with van der Waals surface area (Å²) in [4.78, 5) is 0. The summed E-state index contributed by atoms with van der Waals surface area (Å²) in [6.07, 6.45) is 5.80. The number of anilines is 1. The first kappa shape index (κ1) is 16.2. The van der Waals surface area contributed by atoms with Gasteiger partial charge in [-0.3, -0.25) is 0 Å². The first-order valence-corrected chi connectivity index (χ1v) is 9.47. The van der Waals surface area contributed by atoms with E-state index in [4.69, 9.17) is 9.47 Å². The minimum Gasteiger partial charge on any atom is -0.493 e. The van der Waals surface area contributed by atoms with Crippen molar-refractivity contribution in [2.24, 2.45) is 5.92 Å². The van der Waals surface area contributed by atoms with Crippen molar-refractivity contribution < 1.29 is 9.47 Å². The Morgan fingerprint density at radius 2 is 1.78 bits per heavy atom. The molecular weight excluding hydrogens is 334 g/mol. The Hall–Kier alpha value is -2.94. The van der Waals surface area contributed by atoms with Crippen LogP contribution in [-0.2, 0) is 0 Å². The Bertz CT molecular complexity index is 1040. The zero-order valence-corrected chi connectivity index (χ0v) is 15.6. The first-order valence-electron chi connectivity index (χ1n) is 9.47. The molecule has 3 aromatic rings. The van der Waals surface area contributed by atoms with E-state index in [9.17, 15) is 0 Å². The number of hydrogen-bond donors (Lipinski definition) is 1. The summed E-state index contributed by atoms with van der Waals surface area (Å²) >= 11 is 0. The molecule has 0 unspecified atom stereocenters. The van der Waals surface area contributed by atoms with Gasteiger partial charge >= 0.3 is 0 Å². The molecule has 3 aromatic carbocycles. The Balaban J connectivity index is 1.65. The van der Waals surface area contributed by atoms with Crippen molar-refractivity contribution in [1.82, 2.24) is 0 Å². The number of benzene rings is 3. The van der Waals surface area contributed by atoms with Gasteiger partial charge in [0.25, 0.3) is 0 Å². The molecule has 0 fully saturated rings. The highest BCUT2D eigenvalue weighted by Gasteiger charge is 2.38. The summed E-state index contributed by atoms with van der Waals surface area (Å²) in [5.41, 5.74) is 3.91. The molecule has 0 amide bonds. The van der Waals surface area contributed by atoms with E-state index in [0.29, 0.717) is 11.8 Å². The average molecular weight is 357 g/mol. The van der Waals surface area contributed by atoms with E-state index in [-0.39, 0.29) is 6.04 Å². The number of hydrogen-bond acceptors (Lipinski definition) is 3. The van der Waals surface area contributed by atoms with E-state index in [2.05, 4.69) is 66.0 Å². The minimum atomic E-state index is 0.239. The van der Waals surface area contributed by atoms with E-state index in [1.54, 1.807) is 14.2 Å². The monoisotopic (exact) mass is 357 g/mol. The van der Waals surface area contributed by atoms with Crippen LogP contribution in [0, 0.1) is 5.92 Å². The molecule has 136 valence electrons. The molecule has 1 aliphatic heterocycles. The van der Waals surface area contributed by atoms with Crippen molar-refractivity contribution in [2.75, 3.05) is 19.5 Å². The lowest BCUT2D eigenvalue weighted by Crippen LogP contribution is -2.29. The van der Waals surface area contributed by atoms with Gasteiger partial charge in [-0.05, 0) is 41.0 Å². The van der Waals surface area contributed by atoms with Gasteiger partial charge in [0.05, 0.1) is 20.3 Å². The second-order valence-electron chi connectivity index (χ2n) is 7.34. The molecule has 1 N–H and O–H groups in total. The standard InChI is InChI=1S/C24H23NO2/c1-26-21-13-11-16(14-22(21)27-2)23-19-9-5-8-18(19)20-12-10-15-6-3-4-7-17(15)24(20)25-23/h3-8,10-14,18-19,23,25H,9H2,1-2H3/t18-,19+,23+/m1/s1. The van der Waals surface area contributed by atoms with Crippen molar-refractivity contribution in [2.45, 2.75) is 18.4 Å². The summed E-state index contributed by atoms with van der Waals surface area (Å²) in [7, 11) is 3.37. The van der Waals surface area contributed by atoms with Crippen LogP contribution < -0.4 is 14.8 Å². The molecule has 5 rings (SSSR count). The third kappa shape index (κ3) is 2.49. The quantitative estimate of drug-likeness (QED) is 0.611. The molecule has 0 spiro atoms. The smallest absolute Gasteiger partial charge is 0.161 e. The number of fused-ring (bicyclic) bond motifs is 5. The third-order valence-electron chi connectivity index (χ3n) is 6.03. The molecule has 0 saturated heterocycles. The topological polar surface area (TPSA) is 30.5 Å². The lowest BCUT2D eigenvalue weighted by Gasteiger charge is -2.38. The molecule has 1 aliphatic carbocycles. The van der Waals surface area contributed by atoms with E-state index in [0.717, 1.165) is 17.9 Å². The van der Waals surface area contributed by atoms with Gasteiger partial charge in [0, 0.05) is 17.0 Å². The maximum Gasteiger partial charge on any atom is 0.161 e. The van der Waals surface area contributed by atoms with E-state index in [1.165, 1.54) is 27.6 Å². The molecule has 1 heterocycles. The highest BCUT2D eigenvalue weighted by Crippen LogP contribution is 2.52. The third-order valence-corrected chi connectivity index (χ3v) is 6.03. The molecule has 3 heteroatoms. The highest BCUT2D eigenvalue weighted by atomic mass is 16.5. The molecule has 0 radical (unpaired) electrons. The normalized spacial score (nSPS) is 22.8. The van der Waals surface area contributed by atoms with Crippen LogP contribution in [0.1, 0.15) is 29.5 Å². The van der Waals surface area contributed by atoms with Crippen LogP contribution in [0.2, 0.25) is 0 Å². The number of methoxy groups -OCH3 is 2. The van der Waals surface area contributed by atoms with E-state index >= 15 is 0 Å². The van der Waals surface area contributed by atoms with Crippen LogP contribution in [-0.4, -0.2) is 14.2 Å². The maximum absolute atomic E-state index is 5.55. The fraction of sp³-hybridized carbons (Fsp3) is 0.250. The van der Waals surface area contributed by atoms with E-state index in [1.807, 2.05) is 6.07 Å². The Kier molecular flexibility index (Phi) is 3.82. The maximum atomic E-state index is 5.55. The van der Waals surface area contributed by atoms with Crippen LogP contribution in [0.4, 0.5) is 5.69 Å². The predicted octanol–water partition coefficient (Wildman–Crippen LogP) is 5.68. The second kappa shape index (κ2) is 6.34. The molecule has 3 atom stereocenters. The van der Waals surface area contributed by atoms with Crippen molar-refractivity contribution in [1.29, 1.82) is 0 Å². The fourth-order valence-corrected chi connectivity index (χ4v) is 4.72. The van der Waals surface area contributed by atoms with Gasteiger partial charge in [0.2, 0.25) is 0 Å². The summed E-state index contributed by atoms with van der Waals surface area (Å²) < 4.78 is 11.0. The molecular formula is C24H23NO2. The van der Waals surface area contributed by atoms with Crippen molar-refractivity contribution in [3.63, 3.8) is 0 Å². The van der Waals surface area contributed by atoms with Crippen LogP contribution in [0.25, 0.3) is 10.8 Å². The predicted molar refractivity (Wildman–Crippen MR) is 110 cm³/mol. The summed E-state index contributed by atoms with van der Waals surface area (Å²) in [5.74, 6) is 2.51. The SMILES string of the molecule is COc1ccc([C@@H]2Nc3c(ccc4ccccc34)[C@@H]3C=CC[C@@H]32)cc1OC. The van der Waals surface area contributed by atoms with E-state index < -0.39 is 0 Å². The Morgan fingerprint density at radius 3 is 2.63 bits per heavy atom. The lowest BCUT2D eigenvalue weighted by molar-refractivity contribution is 0.353. The van der Waals surface area contributed by atoms with Crippen molar-refractivity contribution >= 4 is 16.5 Å². The van der Waals surface area contributed by atoms with Gasteiger partial charge in [-0.2, -0.15) is 0 Å². The van der Waals surface area contributed by atoms with Crippen LogP contribution in [0.15, 0.2) is 66.7 Å². The molecule has 0 aromatic heterocycles. The van der Waals surface area contributed by atoms with Crippen LogP contribution in [0.3, 0.4) is 0 Å². The zero-order chi connectivity index (χ0) is 18.4. The highest BCUT2D eigenvalue weighted by molar-refractivity contribution is 5.96. The molecule has 0 bridgehead atoms. The molecule has 0 saturated carbocycles. The zero-order valence-electron chi connectivity index (χ0n) is 15.6. The van der Waals surface area contributed by atoms with Crippen molar-refractivity contribution in [3.05, 3.63) is 77.9 Å². The van der Waals surface area contributed by atoms with Gasteiger partial charge < -0.3 is 14.8 Å². The van der Waals surface area contributed by atoms with Gasteiger partial charge in [-0.25, -0.2) is 0 Å². The van der Waals surface area contributed by atoms with Gasteiger partial charge in [0.1, 0.15) is 0 Å². The lowest BCUT2D eigenvalue weighted by atomic mass is 9.76. The van der Waals surface area contributed by atoms with Gasteiger partial charge in [0.15, 0.2) is 11.5 Å². The van der Waals surface area contributed by atoms with Crippen LogP contribution in [0.5, 0.6) is 11.5 Å². The molecule has 2 aliphatic rings. The average Bonchev–Trinajstić information content (AvgIpc) is 3.22. The van der Waals surface area contributed by atoms with Crippen LogP contribution >= 0.6 is 0 Å². The van der Waals surface area contributed by atoms with Gasteiger partial charge in [-0.1, -0.05) is 54.6 Å². The van der Waals surface area contributed by atoms with Gasteiger partial charge in [-0.15, -0.1) is 0 Å². The molecule has 3 nitrogen and oxygen atoms in total. The Labute approximate surface area is 159 Å². The largest absolute Gasteiger partial charge is 0.493 e. The van der Waals surface area contributed by atoms with Crippen molar-refractivity contribution in [3.8, 4) is 11.5 Å². The summed E-state index contributed by atoms with van der Waals surface area (Å²) in [6.45, 7) is 0. The minimum absolute atomic E-state index is 0.239. The molecule has 27 heavy (non-hydrogen) atoms. The summed E-state index contributed by atoms with van der Waals surface area (Å²) in [6, 6.07) is 19.7. The number of allylic oxidation sites excluding steroid dienone is 2.